The van der Waals surface area contributed by atoms with Gasteiger partial charge < -0.3 is 20.7 Å². The van der Waals surface area contributed by atoms with Crippen LogP contribution in [0.25, 0.3) is 0 Å². The van der Waals surface area contributed by atoms with Gasteiger partial charge in [-0.25, -0.2) is 4.98 Å². The number of aromatic nitrogens is 1. The molecule has 20 heavy (non-hydrogen) atoms. The van der Waals surface area contributed by atoms with E-state index >= 15 is 0 Å². The molecule has 110 valence electrons. The van der Waals surface area contributed by atoms with Gasteiger partial charge in [0.1, 0.15) is 10.7 Å². The van der Waals surface area contributed by atoms with Crippen LogP contribution in [0.3, 0.4) is 0 Å². The van der Waals surface area contributed by atoms with E-state index in [-0.39, 0.29) is 24.2 Å². The van der Waals surface area contributed by atoms with E-state index in [2.05, 4.69) is 10.3 Å². The van der Waals surface area contributed by atoms with Crippen molar-refractivity contribution in [1.82, 2.24) is 9.88 Å². The van der Waals surface area contributed by atoms with Crippen LogP contribution < -0.4 is 11.1 Å². The van der Waals surface area contributed by atoms with E-state index in [1.807, 2.05) is 18.7 Å². The highest BCUT2D eigenvalue weighted by atomic mass is 32.1. The van der Waals surface area contributed by atoms with E-state index in [9.17, 15) is 4.79 Å². The predicted octanol–water partition coefficient (Wildman–Crippen LogP) is 1.55. The second kappa shape index (κ2) is 5.21. The topological polar surface area (TPSA) is 80.5 Å². The lowest BCUT2D eigenvalue weighted by molar-refractivity contribution is -0.0301. The summed E-state index contributed by atoms with van der Waals surface area (Å²) in [6.45, 7) is 5.39. The first-order valence-corrected chi connectivity index (χ1v) is 7.82. The van der Waals surface area contributed by atoms with Gasteiger partial charge in [-0.1, -0.05) is 11.3 Å². The predicted molar refractivity (Wildman–Crippen MR) is 79.1 cm³/mol. The van der Waals surface area contributed by atoms with Gasteiger partial charge in [0.25, 0.3) is 5.91 Å². The number of hydrogen-bond acceptors (Lipinski definition) is 6. The van der Waals surface area contributed by atoms with Crippen LogP contribution in [0, 0.1) is 0 Å². The molecule has 3 heterocycles. The van der Waals surface area contributed by atoms with Crippen molar-refractivity contribution in [2.75, 3.05) is 24.1 Å². The summed E-state index contributed by atoms with van der Waals surface area (Å²) in [5, 5.41) is 3.89. The molecule has 2 saturated heterocycles. The number of anilines is 2. The van der Waals surface area contributed by atoms with E-state index in [0.29, 0.717) is 28.9 Å². The quantitative estimate of drug-likeness (QED) is 0.884. The van der Waals surface area contributed by atoms with E-state index in [1.165, 1.54) is 11.3 Å². The van der Waals surface area contributed by atoms with Crippen LogP contribution in [0.5, 0.6) is 0 Å². The number of likely N-dealkylation sites (tertiary alicyclic amines) is 1. The molecule has 6 nitrogen and oxygen atoms in total. The molecule has 0 saturated carbocycles. The Morgan fingerprint density at radius 3 is 2.70 bits per heavy atom. The highest BCUT2D eigenvalue weighted by Crippen LogP contribution is 2.31. The molecule has 0 spiro atoms. The maximum absolute atomic E-state index is 12.6. The second-order valence-electron chi connectivity index (χ2n) is 5.70. The second-order valence-corrected chi connectivity index (χ2v) is 6.70. The molecule has 2 bridgehead atoms. The Morgan fingerprint density at radius 1 is 1.45 bits per heavy atom. The van der Waals surface area contributed by atoms with Crippen molar-refractivity contribution in [2.24, 2.45) is 0 Å². The summed E-state index contributed by atoms with van der Waals surface area (Å²) >= 11 is 1.33. The van der Waals surface area contributed by atoms with Crippen LogP contribution in [-0.2, 0) is 4.74 Å². The third-order valence-corrected chi connectivity index (χ3v) is 4.58. The van der Waals surface area contributed by atoms with Gasteiger partial charge in [0.15, 0.2) is 5.13 Å². The first-order chi connectivity index (χ1) is 9.52. The third kappa shape index (κ3) is 2.60. The lowest BCUT2D eigenvalue weighted by Gasteiger charge is -2.31. The van der Waals surface area contributed by atoms with Crippen molar-refractivity contribution in [3.8, 4) is 0 Å². The largest absolute Gasteiger partial charge is 0.382 e. The molecule has 1 amide bonds. The lowest BCUT2D eigenvalue weighted by atomic mass is 10.2. The summed E-state index contributed by atoms with van der Waals surface area (Å²) < 4.78 is 5.75. The van der Waals surface area contributed by atoms with Gasteiger partial charge in [0.05, 0.1) is 12.2 Å². The normalized spacial score (nSPS) is 25.2. The zero-order chi connectivity index (χ0) is 14.3. The average Bonchev–Trinajstić information content (AvgIpc) is 2.90. The van der Waals surface area contributed by atoms with Gasteiger partial charge >= 0.3 is 0 Å². The van der Waals surface area contributed by atoms with Crippen molar-refractivity contribution in [3.05, 3.63) is 4.88 Å². The van der Waals surface area contributed by atoms with Crippen LogP contribution in [0.2, 0.25) is 0 Å². The number of fused-ring (bicyclic) bond motifs is 2. The summed E-state index contributed by atoms with van der Waals surface area (Å²) in [7, 11) is 0. The van der Waals surface area contributed by atoms with Crippen molar-refractivity contribution >= 4 is 28.2 Å². The molecule has 2 aliphatic rings. The van der Waals surface area contributed by atoms with Crippen LogP contribution >= 0.6 is 11.3 Å². The smallest absolute Gasteiger partial charge is 0.268 e. The Balaban J connectivity index is 1.75. The number of carbonyl (C=O) groups excluding carboxylic acids is 1. The van der Waals surface area contributed by atoms with Crippen molar-refractivity contribution in [2.45, 2.75) is 44.9 Å². The summed E-state index contributed by atoms with van der Waals surface area (Å²) in [6, 6.07) is 0.266. The summed E-state index contributed by atoms with van der Waals surface area (Å²) in [5.41, 5.74) is 5.89. The molecular weight excluding hydrogens is 276 g/mol. The van der Waals surface area contributed by atoms with Crippen molar-refractivity contribution in [3.63, 3.8) is 0 Å². The van der Waals surface area contributed by atoms with Crippen LogP contribution in [0.15, 0.2) is 0 Å². The molecule has 2 aliphatic heterocycles. The molecule has 3 N–H and O–H groups in total. The first kappa shape index (κ1) is 13.6. The molecule has 2 atom stereocenters. The first-order valence-electron chi connectivity index (χ1n) is 7.00. The maximum atomic E-state index is 12.6. The minimum Gasteiger partial charge on any atom is -0.382 e. The fraction of sp³-hybridized carbons (Fsp3) is 0.692. The molecule has 2 fully saturated rings. The number of thiazole rings is 1. The Bertz CT molecular complexity index is 504. The Labute approximate surface area is 122 Å². The third-order valence-electron chi connectivity index (χ3n) is 3.59. The van der Waals surface area contributed by atoms with Crippen LogP contribution in [0.4, 0.5) is 10.9 Å². The standard InChI is InChI=1S/C13H20N4O2S/c1-7(2)15-13-16-11(14)10(20-13)12(18)17-5-8-3-4-9(6-17)19-8/h7-9H,3-6,14H2,1-2H3,(H,15,16). The fourth-order valence-electron chi connectivity index (χ4n) is 2.72. The van der Waals surface area contributed by atoms with Gasteiger partial charge in [-0.15, -0.1) is 0 Å². The molecule has 1 aromatic heterocycles. The molecule has 2 unspecified atom stereocenters. The summed E-state index contributed by atoms with van der Waals surface area (Å²) in [4.78, 5) is 19.2. The molecule has 0 aromatic carbocycles. The number of rotatable bonds is 3. The van der Waals surface area contributed by atoms with Gasteiger partial charge in [0, 0.05) is 19.1 Å². The maximum Gasteiger partial charge on any atom is 0.268 e. The fourth-order valence-corrected chi connectivity index (χ4v) is 3.72. The van der Waals surface area contributed by atoms with Gasteiger partial charge in [0.2, 0.25) is 0 Å². The molecule has 7 heteroatoms. The Hall–Kier alpha value is -1.34. The number of hydrogen-bond donors (Lipinski definition) is 2. The van der Waals surface area contributed by atoms with Crippen molar-refractivity contribution in [1.29, 1.82) is 0 Å². The molecule has 3 rings (SSSR count). The van der Waals surface area contributed by atoms with E-state index in [4.69, 9.17) is 10.5 Å². The Kier molecular flexibility index (Phi) is 3.55. The molecule has 0 radical (unpaired) electrons. The average molecular weight is 296 g/mol. The number of ether oxygens (including phenoxy) is 1. The van der Waals surface area contributed by atoms with E-state index in [1.54, 1.807) is 0 Å². The number of amides is 1. The number of morpholine rings is 1. The van der Waals surface area contributed by atoms with Crippen molar-refractivity contribution < 1.29 is 9.53 Å². The minimum absolute atomic E-state index is 0.0167. The lowest BCUT2D eigenvalue weighted by Crippen LogP contribution is -2.45. The van der Waals surface area contributed by atoms with Gasteiger partial charge in [-0.05, 0) is 26.7 Å². The number of nitrogens with one attached hydrogen (secondary N) is 1. The monoisotopic (exact) mass is 296 g/mol. The summed E-state index contributed by atoms with van der Waals surface area (Å²) in [5.74, 6) is 0.305. The Morgan fingerprint density at radius 2 is 2.10 bits per heavy atom. The highest BCUT2D eigenvalue weighted by Gasteiger charge is 2.37. The highest BCUT2D eigenvalue weighted by molar-refractivity contribution is 7.18. The SMILES string of the molecule is CC(C)Nc1nc(N)c(C(=O)N2CC3CCC(C2)O3)s1. The summed E-state index contributed by atoms with van der Waals surface area (Å²) in [6.07, 6.45) is 2.49. The number of carbonyl (C=O) groups is 1. The zero-order valence-corrected chi connectivity index (χ0v) is 12.6. The van der Waals surface area contributed by atoms with Gasteiger partial charge in [-0.2, -0.15) is 0 Å². The van der Waals surface area contributed by atoms with Gasteiger partial charge in [-0.3, -0.25) is 4.79 Å². The molecule has 0 aliphatic carbocycles. The molecule has 1 aromatic rings. The zero-order valence-electron chi connectivity index (χ0n) is 11.8. The number of nitrogens with two attached hydrogens (primary N) is 1. The van der Waals surface area contributed by atoms with E-state index in [0.717, 1.165) is 12.8 Å². The molecular formula is C13H20N4O2S. The van der Waals surface area contributed by atoms with Crippen LogP contribution in [0.1, 0.15) is 36.4 Å². The van der Waals surface area contributed by atoms with Crippen LogP contribution in [-0.4, -0.2) is 47.1 Å². The number of nitrogen functional groups attached to an aromatic ring is 1. The van der Waals surface area contributed by atoms with E-state index < -0.39 is 0 Å². The number of nitrogens with zero attached hydrogens (tertiary/aromatic N) is 2. The minimum atomic E-state index is -0.0167.